The lowest BCUT2D eigenvalue weighted by molar-refractivity contribution is 0.0422. The third-order valence-corrected chi connectivity index (χ3v) is 5.64. The molecular formula is C22H46N2. The van der Waals surface area contributed by atoms with Gasteiger partial charge in [-0.15, -0.1) is 0 Å². The van der Waals surface area contributed by atoms with Gasteiger partial charge in [-0.3, -0.25) is 4.90 Å². The molecule has 0 aliphatic carbocycles. The minimum Gasteiger partial charge on any atom is -0.316 e. The third kappa shape index (κ3) is 10.0. The van der Waals surface area contributed by atoms with Crippen LogP contribution in [0.25, 0.3) is 0 Å². The Kier molecular flexibility index (Phi) is 13.9. The van der Waals surface area contributed by atoms with Crippen molar-refractivity contribution >= 4 is 0 Å². The molecule has 0 atom stereocenters. The van der Waals surface area contributed by atoms with Crippen LogP contribution in [0.3, 0.4) is 0 Å². The van der Waals surface area contributed by atoms with E-state index < -0.39 is 0 Å². The van der Waals surface area contributed by atoms with Crippen molar-refractivity contribution in [3.63, 3.8) is 0 Å². The molecular weight excluding hydrogens is 292 g/mol. The molecule has 0 aromatic heterocycles. The van der Waals surface area contributed by atoms with Gasteiger partial charge in [-0.05, 0) is 31.7 Å². The number of likely N-dealkylation sites (tertiary alicyclic amines) is 1. The van der Waals surface area contributed by atoms with Crippen LogP contribution in [-0.2, 0) is 0 Å². The molecule has 1 aliphatic heterocycles. The topological polar surface area (TPSA) is 15.3 Å². The first-order chi connectivity index (χ1) is 11.8. The summed E-state index contributed by atoms with van der Waals surface area (Å²) in [5, 5.41) is 3.60. The molecule has 1 rings (SSSR count). The van der Waals surface area contributed by atoms with Crippen molar-refractivity contribution in [1.82, 2.24) is 10.2 Å². The second kappa shape index (κ2) is 15.2. The smallest absolute Gasteiger partial charge is 0.00955 e. The molecule has 1 heterocycles. The van der Waals surface area contributed by atoms with Gasteiger partial charge in [0.15, 0.2) is 0 Å². The highest BCUT2D eigenvalue weighted by Crippen LogP contribution is 2.25. The van der Waals surface area contributed by atoms with Crippen LogP contribution >= 0.6 is 0 Å². The second-order valence-electron chi connectivity index (χ2n) is 8.08. The van der Waals surface area contributed by atoms with Crippen molar-refractivity contribution < 1.29 is 0 Å². The van der Waals surface area contributed by atoms with E-state index in [4.69, 9.17) is 0 Å². The van der Waals surface area contributed by atoms with Crippen molar-refractivity contribution in [2.45, 2.75) is 110 Å². The lowest BCUT2D eigenvalue weighted by Crippen LogP contribution is -2.55. The average molecular weight is 339 g/mol. The van der Waals surface area contributed by atoms with E-state index >= 15 is 0 Å². The molecule has 2 heteroatoms. The number of unbranched alkanes of at least 4 members (excludes halogenated alkanes) is 8. The van der Waals surface area contributed by atoms with E-state index in [-0.39, 0.29) is 0 Å². The third-order valence-electron chi connectivity index (χ3n) is 5.64. The van der Waals surface area contributed by atoms with Crippen LogP contribution in [-0.4, -0.2) is 37.1 Å². The Morgan fingerprint density at radius 2 is 1.29 bits per heavy atom. The van der Waals surface area contributed by atoms with Gasteiger partial charge in [0, 0.05) is 25.7 Å². The highest BCUT2D eigenvalue weighted by Gasteiger charge is 2.31. The molecule has 0 bridgehead atoms. The molecule has 0 aromatic rings. The van der Waals surface area contributed by atoms with Gasteiger partial charge in [-0.25, -0.2) is 0 Å². The molecule has 0 spiro atoms. The quantitative estimate of drug-likeness (QED) is 0.327. The van der Waals surface area contributed by atoms with E-state index in [1.165, 1.54) is 110 Å². The lowest BCUT2D eigenvalue weighted by Gasteiger charge is -2.45. The molecule has 2 nitrogen and oxygen atoms in total. The Bertz CT molecular complexity index is 247. The maximum Gasteiger partial charge on any atom is 0.00955 e. The fourth-order valence-corrected chi connectivity index (χ4v) is 4.00. The van der Waals surface area contributed by atoms with Crippen LogP contribution in [0.1, 0.15) is 104 Å². The van der Waals surface area contributed by atoms with Gasteiger partial charge < -0.3 is 5.32 Å². The predicted octanol–water partition coefficient (Wildman–Crippen LogP) is 6.01. The summed E-state index contributed by atoms with van der Waals surface area (Å²) < 4.78 is 0. The number of nitrogens with one attached hydrogen (secondary N) is 1. The summed E-state index contributed by atoms with van der Waals surface area (Å²) in [7, 11) is 0. The Morgan fingerprint density at radius 1 is 0.750 bits per heavy atom. The first-order valence-corrected chi connectivity index (χ1v) is 11.3. The first-order valence-electron chi connectivity index (χ1n) is 11.3. The van der Waals surface area contributed by atoms with Gasteiger partial charge in [0.2, 0.25) is 0 Å². The van der Waals surface area contributed by atoms with Gasteiger partial charge in [0.05, 0.1) is 0 Å². The summed E-state index contributed by atoms with van der Waals surface area (Å²) in [6.45, 7) is 12.0. The van der Waals surface area contributed by atoms with E-state index in [1.807, 2.05) is 0 Å². The van der Waals surface area contributed by atoms with E-state index in [9.17, 15) is 0 Å². The molecule has 1 fully saturated rings. The van der Waals surface area contributed by atoms with Gasteiger partial charge >= 0.3 is 0 Å². The molecule has 0 saturated carbocycles. The molecule has 1 N–H and O–H groups in total. The molecule has 144 valence electrons. The summed E-state index contributed by atoms with van der Waals surface area (Å²) >= 11 is 0. The van der Waals surface area contributed by atoms with E-state index in [0.29, 0.717) is 0 Å². The molecule has 0 radical (unpaired) electrons. The van der Waals surface area contributed by atoms with Crippen molar-refractivity contribution in [3.8, 4) is 0 Å². The summed E-state index contributed by atoms with van der Waals surface area (Å²) in [6, 6.07) is 0.885. The Morgan fingerprint density at radius 3 is 1.79 bits per heavy atom. The minimum atomic E-state index is 0.885. The predicted molar refractivity (Wildman–Crippen MR) is 109 cm³/mol. The van der Waals surface area contributed by atoms with Crippen LogP contribution in [0.2, 0.25) is 0 Å². The van der Waals surface area contributed by atoms with E-state index in [2.05, 4.69) is 31.0 Å². The normalized spacial score (nSPS) is 16.0. The van der Waals surface area contributed by atoms with Gasteiger partial charge in [-0.1, -0.05) is 85.0 Å². The molecule has 24 heavy (non-hydrogen) atoms. The van der Waals surface area contributed by atoms with Crippen molar-refractivity contribution in [2.75, 3.05) is 26.2 Å². The zero-order valence-electron chi connectivity index (χ0n) is 17.1. The molecule has 0 aromatic carbocycles. The van der Waals surface area contributed by atoms with E-state index in [0.717, 1.165) is 12.0 Å². The fourth-order valence-electron chi connectivity index (χ4n) is 4.00. The van der Waals surface area contributed by atoms with Gasteiger partial charge in [-0.2, -0.15) is 0 Å². The van der Waals surface area contributed by atoms with Crippen molar-refractivity contribution in [3.05, 3.63) is 0 Å². The summed E-state index contributed by atoms with van der Waals surface area (Å²) in [4.78, 5) is 2.80. The first kappa shape index (κ1) is 22.0. The monoisotopic (exact) mass is 338 g/mol. The van der Waals surface area contributed by atoms with Gasteiger partial charge in [0.25, 0.3) is 0 Å². The molecule has 1 aliphatic rings. The summed E-state index contributed by atoms with van der Waals surface area (Å²) in [5.41, 5.74) is 0. The van der Waals surface area contributed by atoms with E-state index in [1.54, 1.807) is 0 Å². The average Bonchev–Trinajstić information content (AvgIpc) is 2.55. The van der Waals surface area contributed by atoms with Crippen LogP contribution in [0.4, 0.5) is 0 Å². The van der Waals surface area contributed by atoms with Crippen LogP contribution in [0.15, 0.2) is 0 Å². The standard InChI is InChI=1S/C22H46N2/c1-4-7-9-11-13-15-22(16-14-12-10-8-5-2)24-19-21(20-24)18-23-17-6-3/h21-23H,4-20H2,1-3H3. The van der Waals surface area contributed by atoms with Gasteiger partial charge in [0.1, 0.15) is 0 Å². The number of rotatable bonds is 17. The Hall–Kier alpha value is -0.0800. The maximum atomic E-state index is 3.60. The molecule has 1 saturated heterocycles. The molecule has 0 amide bonds. The minimum absolute atomic E-state index is 0.885. The van der Waals surface area contributed by atoms with Crippen LogP contribution < -0.4 is 5.32 Å². The van der Waals surface area contributed by atoms with Crippen LogP contribution in [0, 0.1) is 5.92 Å². The maximum absolute atomic E-state index is 3.60. The molecule has 0 unspecified atom stereocenters. The number of hydrogen-bond donors (Lipinski definition) is 1. The second-order valence-corrected chi connectivity index (χ2v) is 8.08. The summed E-state index contributed by atoms with van der Waals surface area (Å²) in [5.74, 6) is 0.916. The lowest BCUT2D eigenvalue weighted by atomic mass is 9.92. The fraction of sp³-hybridized carbons (Fsp3) is 1.00. The number of nitrogens with zero attached hydrogens (tertiary/aromatic N) is 1. The Balaban J connectivity index is 2.19. The zero-order chi connectivity index (χ0) is 17.5. The highest BCUT2D eigenvalue weighted by atomic mass is 15.2. The van der Waals surface area contributed by atoms with Crippen molar-refractivity contribution in [2.24, 2.45) is 5.92 Å². The number of hydrogen-bond acceptors (Lipinski definition) is 2. The zero-order valence-corrected chi connectivity index (χ0v) is 17.1. The SMILES string of the molecule is CCCCCCCC(CCCCCCC)N1CC(CNCCC)C1. The largest absolute Gasteiger partial charge is 0.316 e. The van der Waals surface area contributed by atoms with Crippen molar-refractivity contribution in [1.29, 1.82) is 0 Å². The summed E-state index contributed by atoms with van der Waals surface area (Å²) in [6.07, 6.45) is 18.4. The van der Waals surface area contributed by atoms with Crippen LogP contribution in [0.5, 0.6) is 0 Å². The highest BCUT2D eigenvalue weighted by molar-refractivity contribution is 4.86. The Labute approximate surface area is 153 Å².